The molecule has 4 aliphatic rings. The molecule has 3 saturated carbocycles. The van der Waals surface area contributed by atoms with Crippen molar-refractivity contribution in [2.75, 3.05) is 6.61 Å². The van der Waals surface area contributed by atoms with Crippen molar-refractivity contribution in [3.05, 3.63) is 23.8 Å². The number of carbonyl (C=O) groups is 3. The molecular weight excluding hydrogens is 420 g/mol. The number of hydrogen-bond donors (Lipinski definition) is 2. The van der Waals surface area contributed by atoms with Crippen molar-refractivity contribution in [2.45, 2.75) is 70.0 Å². The van der Waals surface area contributed by atoms with Crippen LogP contribution in [0.5, 0.6) is 0 Å². The van der Waals surface area contributed by atoms with Crippen molar-refractivity contribution >= 4 is 29.1 Å². The Hall–Kier alpha value is -1.50. The summed E-state index contributed by atoms with van der Waals surface area (Å²) in [6.07, 6.45) is 5.67. The van der Waals surface area contributed by atoms with Crippen LogP contribution in [-0.2, 0) is 19.1 Å². The minimum atomic E-state index is -1.69. The predicted octanol–water partition coefficient (Wildman–Crippen LogP) is 2.74. The monoisotopic (exact) mass is 450 g/mol. The second-order valence-electron chi connectivity index (χ2n) is 10.4. The minimum absolute atomic E-state index is 0.0699. The normalized spacial score (nSPS) is 48.4. The first kappa shape index (κ1) is 22.7. The summed E-state index contributed by atoms with van der Waals surface area (Å²) < 4.78 is 4.89. The van der Waals surface area contributed by atoms with Crippen LogP contribution in [0.2, 0.25) is 0 Å². The Balaban J connectivity index is 1.75. The summed E-state index contributed by atoms with van der Waals surface area (Å²) in [7, 11) is 0. The summed E-state index contributed by atoms with van der Waals surface area (Å²) in [6.45, 7) is 6.65. The average molecular weight is 451 g/mol. The predicted molar refractivity (Wildman–Crippen MR) is 114 cm³/mol. The number of fused-ring (bicyclic) bond motifs is 5. The first-order chi connectivity index (χ1) is 14.3. The lowest BCUT2D eigenvalue weighted by atomic mass is 9.44. The van der Waals surface area contributed by atoms with Gasteiger partial charge in [-0.3, -0.25) is 14.4 Å². The molecule has 0 amide bonds. The fraction of sp³-hybridized carbons (Fsp3) is 0.708. The molecule has 31 heavy (non-hydrogen) atoms. The van der Waals surface area contributed by atoms with E-state index in [9.17, 15) is 24.6 Å². The molecule has 6 nitrogen and oxygen atoms in total. The van der Waals surface area contributed by atoms with Gasteiger partial charge in [0.1, 0.15) is 5.60 Å². The van der Waals surface area contributed by atoms with Gasteiger partial charge in [0.25, 0.3) is 0 Å². The number of Topliss-reactive ketones (excluding diaryl/α,β-unsaturated/α-hetero) is 1. The Morgan fingerprint density at radius 3 is 2.61 bits per heavy atom. The number of aliphatic hydroxyl groups is 2. The van der Waals surface area contributed by atoms with Gasteiger partial charge in [-0.25, -0.2) is 0 Å². The second-order valence-corrected chi connectivity index (χ2v) is 11.0. The molecule has 0 heterocycles. The van der Waals surface area contributed by atoms with E-state index in [1.54, 1.807) is 6.08 Å². The van der Waals surface area contributed by atoms with E-state index in [0.717, 1.165) is 5.57 Å². The largest absolute Gasteiger partial charge is 0.458 e. The first-order valence-corrected chi connectivity index (χ1v) is 11.4. The molecule has 0 aromatic carbocycles. The third-order valence-corrected chi connectivity index (χ3v) is 9.91. The number of carbonyl (C=O) groups excluding carboxylic acids is 3. The highest BCUT2D eigenvalue weighted by Crippen LogP contribution is 2.71. The number of allylic oxidation sites excluding steroid dienone is 4. The molecule has 4 rings (SSSR count). The fourth-order valence-corrected chi connectivity index (χ4v) is 7.84. The number of alkyl halides is 1. The van der Waals surface area contributed by atoms with Crippen LogP contribution in [0, 0.1) is 28.6 Å². The van der Waals surface area contributed by atoms with Crippen LogP contribution in [0.3, 0.4) is 0 Å². The summed E-state index contributed by atoms with van der Waals surface area (Å²) in [4.78, 5) is 35.2. The molecule has 0 aromatic rings. The van der Waals surface area contributed by atoms with Crippen LogP contribution >= 0.6 is 11.6 Å². The van der Waals surface area contributed by atoms with Gasteiger partial charge < -0.3 is 14.9 Å². The van der Waals surface area contributed by atoms with Gasteiger partial charge in [0.15, 0.2) is 12.4 Å². The van der Waals surface area contributed by atoms with Crippen molar-refractivity contribution < 1.29 is 29.3 Å². The first-order valence-electron chi connectivity index (χ1n) is 11.0. The zero-order valence-corrected chi connectivity index (χ0v) is 19.2. The quantitative estimate of drug-likeness (QED) is 0.506. The molecule has 0 aromatic heterocycles. The smallest absolute Gasteiger partial charge is 0.303 e. The molecule has 7 heteroatoms. The molecule has 4 aliphatic carbocycles. The van der Waals surface area contributed by atoms with E-state index in [1.807, 2.05) is 19.9 Å². The Morgan fingerprint density at radius 2 is 1.97 bits per heavy atom. The second kappa shape index (κ2) is 7.00. The highest BCUT2D eigenvalue weighted by Gasteiger charge is 2.73. The molecular formula is C24H31ClO6. The Morgan fingerprint density at radius 1 is 1.29 bits per heavy atom. The van der Waals surface area contributed by atoms with Gasteiger partial charge in [0.2, 0.25) is 5.78 Å². The van der Waals surface area contributed by atoms with Crippen LogP contribution in [0.25, 0.3) is 0 Å². The number of ketones is 2. The van der Waals surface area contributed by atoms with Gasteiger partial charge in [-0.1, -0.05) is 32.4 Å². The molecule has 170 valence electrons. The average Bonchev–Trinajstić information content (AvgIpc) is 2.96. The van der Waals surface area contributed by atoms with Crippen molar-refractivity contribution in [1.82, 2.24) is 0 Å². The molecule has 2 N–H and O–H groups in total. The van der Waals surface area contributed by atoms with Gasteiger partial charge in [-0.15, -0.1) is 11.6 Å². The van der Waals surface area contributed by atoms with E-state index in [-0.39, 0.29) is 36.4 Å². The van der Waals surface area contributed by atoms with Crippen LogP contribution in [-0.4, -0.2) is 50.9 Å². The van der Waals surface area contributed by atoms with Gasteiger partial charge in [-0.2, -0.15) is 0 Å². The molecule has 0 aliphatic heterocycles. The fourth-order valence-electron chi connectivity index (χ4n) is 7.35. The Labute approximate surface area is 187 Å². The van der Waals surface area contributed by atoms with Crippen LogP contribution in [0.1, 0.15) is 53.4 Å². The number of ether oxygens (including phenoxy) is 1. The Bertz CT molecular complexity index is 910. The minimum Gasteiger partial charge on any atom is -0.458 e. The molecule has 0 bridgehead atoms. The van der Waals surface area contributed by atoms with E-state index < -0.39 is 45.8 Å². The van der Waals surface area contributed by atoms with E-state index in [1.165, 1.54) is 13.0 Å². The van der Waals surface area contributed by atoms with Gasteiger partial charge in [0, 0.05) is 17.8 Å². The third kappa shape index (κ3) is 2.80. The lowest BCUT2D eigenvalue weighted by molar-refractivity contribution is -0.178. The van der Waals surface area contributed by atoms with E-state index in [2.05, 4.69) is 6.92 Å². The van der Waals surface area contributed by atoms with Gasteiger partial charge in [0.05, 0.1) is 11.0 Å². The summed E-state index contributed by atoms with van der Waals surface area (Å²) in [5.41, 5.74) is -2.34. The van der Waals surface area contributed by atoms with Crippen molar-refractivity contribution in [3.63, 3.8) is 0 Å². The molecule has 8 atom stereocenters. The maximum atomic E-state index is 13.0. The standard InChI is InChI=1S/C24H31ClO6/c1-13-9-18-16-6-8-23(30,20(29)12-31-14(2)26)22(16,4)11-19(28)24(18,25)21(3)7-5-15(27)10-17(13)21/h5,7,10,13,16,18-19,28,30H,6,8-9,11-12H2,1-4H3/t13?,16-,18-,19?,21-,22-,23-,24-/m0/s1. The molecule has 3 fully saturated rings. The van der Waals surface area contributed by atoms with Crippen LogP contribution < -0.4 is 0 Å². The highest BCUT2D eigenvalue weighted by atomic mass is 35.5. The zero-order chi connectivity index (χ0) is 23.0. The third-order valence-electron chi connectivity index (χ3n) is 8.99. The van der Waals surface area contributed by atoms with Crippen molar-refractivity contribution in [2.24, 2.45) is 28.6 Å². The van der Waals surface area contributed by atoms with E-state index in [0.29, 0.717) is 12.8 Å². The molecule has 0 radical (unpaired) electrons. The number of aliphatic hydroxyl groups excluding tert-OH is 1. The zero-order valence-electron chi connectivity index (χ0n) is 18.5. The lowest BCUT2D eigenvalue weighted by Gasteiger charge is -2.65. The number of halogens is 1. The maximum absolute atomic E-state index is 13.0. The van der Waals surface area contributed by atoms with E-state index >= 15 is 0 Å². The summed E-state index contributed by atoms with van der Waals surface area (Å²) >= 11 is 7.37. The highest BCUT2D eigenvalue weighted by molar-refractivity contribution is 6.26. The lowest BCUT2D eigenvalue weighted by Crippen LogP contribution is -2.69. The van der Waals surface area contributed by atoms with Crippen molar-refractivity contribution in [1.29, 1.82) is 0 Å². The van der Waals surface area contributed by atoms with Gasteiger partial charge >= 0.3 is 5.97 Å². The molecule has 0 spiro atoms. The van der Waals surface area contributed by atoms with Crippen molar-refractivity contribution in [3.8, 4) is 0 Å². The maximum Gasteiger partial charge on any atom is 0.303 e. The summed E-state index contributed by atoms with van der Waals surface area (Å²) in [6, 6.07) is 0. The number of esters is 1. The topological polar surface area (TPSA) is 101 Å². The number of hydrogen-bond acceptors (Lipinski definition) is 6. The summed E-state index contributed by atoms with van der Waals surface area (Å²) in [5, 5.41) is 23.0. The van der Waals surface area contributed by atoms with Gasteiger partial charge in [-0.05, 0) is 55.6 Å². The molecule has 2 unspecified atom stereocenters. The SMILES string of the molecule is CC(=O)OCC(=O)[C@@]1(O)CC[C@H]2[C@@H]3CC(C)C4=CC(=O)C=C[C@]4(C)[C@@]3(Cl)C(O)C[C@@]21C. The Kier molecular flexibility index (Phi) is 5.12. The molecule has 0 saturated heterocycles. The number of rotatable bonds is 3. The van der Waals surface area contributed by atoms with E-state index in [4.69, 9.17) is 16.3 Å². The van der Waals surface area contributed by atoms with Crippen LogP contribution in [0.4, 0.5) is 0 Å². The van der Waals surface area contributed by atoms with Crippen LogP contribution in [0.15, 0.2) is 23.8 Å². The summed E-state index contributed by atoms with van der Waals surface area (Å²) in [5.74, 6) is -1.34.